The molecule has 1 aliphatic rings. The average molecular weight is 500 g/mol. The average Bonchev–Trinajstić information content (AvgIpc) is 3.07. The van der Waals surface area contributed by atoms with E-state index in [1.165, 1.54) is 30.1 Å². The Hall–Kier alpha value is -3.55. The summed E-state index contributed by atoms with van der Waals surface area (Å²) in [4.78, 5) is 26.7. The maximum atomic E-state index is 13.1. The van der Waals surface area contributed by atoms with E-state index in [0.29, 0.717) is 42.4 Å². The summed E-state index contributed by atoms with van der Waals surface area (Å²) in [6, 6.07) is 10.00. The summed E-state index contributed by atoms with van der Waals surface area (Å²) in [5, 5.41) is 2.69. The Morgan fingerprint density at radius 1 is 1.11 bits per heavy atom. The molecule has 35 heavy (non-hydrogen) atoms. The van der Waals surface area contributed by atoms with E-state index in [1.54, 1.807) is 38.1 Å². The van der Waals surface area contributed by atoms with Crippen molar-refractivity contribution in [2.24, 2.45) is 5.92 Å². The molecule has 0 aromatic heterocycles. The molecule has 1 aliphatic heterocycles. The number of fused-ring (bicyclic) bond motifs is 1. The van der Waals surface area contributed by atoms with Crippen molar-refractivity contribution in [2.75, 3.05) is 32.1 Å². The highest BCUT2D eigenvalue weighted by molar-refractivity contribution is 7.89. The molecule has 2 amide bonds. The fourth-order valence-corrected chi connectivity index (χ4v) is 4.79. The monoisotopic (exact) mass is 499 g/mol. The Kier molecular flexibility index (Phi) is 8.38. The van der Waals surface area contributed by atoms with Gasteiger partial charge in [-0.15, -0.1) is 6.42 Å². The minimum atomic E-state index is -4.07. The number of rotatable bonds is 8. The number of likely N-dealkylation sites (N-methyl/N-ethyl adjacent to an activating group) is 1. The van der Waals surface area contributed by atoms with Gasteiger partial charge in [-0.3, -0.25) is 9.59 Å². The van der Waals surface area contributed by atoms with Crippen LogP contribution < -0.4 is 19.5 Å². The lowest BCUT2D eigenvalue weighted by Gasteiger charge is -2.26. The predicted octanol–water partition coefficient (Wildman–Crippen LogP) is 2.23. The lowest BCUT2D eigenvalue weighted by Crippen LogP contribution is -2.51. The van der Waals surface area contributed by atoms with Crippen LogP contribution in [0, 0.1) is 18.3 Å². The number of sulfonamides is 1. The van der Waals surface area contributed by atoms with Gasteiger partial charge in [0.1, 0.15) is 6.04 Å². The van der Waals surface area contributed by atoms with Crippen LogP contribution >= 0.6 is 0 Å². The molecule has 0 fully saturated rings. The number of ether oxygens (including phenoxy) is 2. The molecule has 1 atom stereocenters. The first-order valence-electron chi connectivity index (χ1n) is 11.1. The van der Waals surface area contributed by atoms with Crippen LogP contribution in [0.25, 0.3) is 0 Å². The minimum absolute atomic E-state index is 0.0472. The molecule has 2 N–H and O–H groups in total. The third kappa shape index (κ3) is 6.74. The zero-order valence-corrected chi connectivity index (χ0v) is 20.7. The number of hydrogen-bond acceptors (Lipinski definition) is 6. The lowest BCUT2D eigenvalue weighted by atomic mass is 10.0. The summed E-state index contributed by atoms with van der Waals surface area (Å²) >= 11 is 0. The van der Waals surface area contributed by atoms with Crippen LogP contribution in [-0.2, 0) is 19.6 Å². The Labute approximate surface area is 205 Å². The zero-order valence-electron chi connectivity index (χ0n) is 19.9. The number of terminal acetylenes is 1. The van der Waals surface area contributed by atoms with Crippen LogP contribution in [0.5, 0.6) is 11.5 Å². The van der Waals surface area contributed by atoms with Crippen molar-refractivity contribution >= 4 is 27.5 Å². The van der Waals surface area contributed by atoms with Crippen molar-refractivity contribution in [1.82, 2.24) is 9.62 Å². The Morgan fingerprint density at radius 3 is 2.51 bits per heavy atom. The number of anilines is 1. The van der Waals surface area contributed by atoms with Crippen LogP contribution in [0.15, 0.2) is 47.4 Å². The van der Waals surface area contributed by atoms with E-state index < -0.39 is 27.9 Å². The number of benzene rings is 2. The van der Waals surface area contributed by atoms with E-state index in [2.05, 4.69) is 16.0 Å². The fourth-order valence-electron chi connectivity index (χ4n) is 3.44. The van der Waals surface area contributed by atoms with E-state index >= 15 is 0 Å². The largest absolute Gasteiger partial charge is 0.490 e. The SMILES string of the molecule is C#Cc1cccc(NC(=O)CN(C)C(=O)C(NS(=O)(=O)c2ccc3c(c2)OCCCO3)C(C)C)c1. The molecule has 0 saturated carbocycles. The molecule has 10 heteroatoms. The van der Waals surface area contributed by atoms with Crippen molar-refractivity contribution < 1.29 is 27.5 Å². The molecule has 186 valence electrons. The first-order chi connectivity index (χ1) is 16.6. The summed E-state index contributed by atoms with van der Waals surface area (Å²) in [6.07, 6.45) is 6.07. The molecule has 0 spiro atoms. The molecule has 0 aliphatic carbocycles. The van der Waals surface area contributed by atoms with Crippen LogP contribution in [0.2, 0.25) is 0 Å². The van der Waals surface area contributed by atoms with Gasteiger partial charge in [0.05, 0.1) is 24.7 Å². The van der Waals surface area contributed by atoms with Gasteiger partial charge >= 0.3 is 0 Å². The highest BCUT2D eigenvalue weighted by Gasteiger charge is 2.31. The fraction of sp³-hybridized carbons (Fsp3) is 0.360. The molecule has 0 radical (unpaired) electrons. The second kappa shape index (κ2) is 11.3. The molecule has 0 bridgehead atoms. The van der Waals surface area contributed by atoms with Crippen molar-refractivity contribution in [3.8, 4) is 23.8 Å². The van der Waals surface area contributed by atoms with E-state index in [-0.39, 0.29) is 17.4 Å². The summed E-state index contributed by atoms with van der Waals surface area (Å²) in [5.74, 6) is 1.93. The highest BCUT2D eigenvalue weighted by atomic mass is 32.2. The van der Waals surface area contributed by atoms with Gasteiger partial charge in [-0.2, -0.15) is 4.72 Å². The van der Waals surface area contributed by atoms with Gasteiger partial charge in [0.15, 0.2) is 11.5 Å². The van der Waals surface area contributed by atoms with Gasteiger partial charge < -0.3 is 19.7 Å². The maximum Gasteiger partial charge on any atom is 0.243 e. The van der Waals surface area contributed by atoms with Crippen LogP contribution in [0.1, 0.15) is 25.8 Å². The predicted molar refractivity (Wildman–Crippen MR) is 132 cm³/mol. The van der Waals surface area contributed by atoms with Gasteiger partial charge in [0, 0.05) is 30.8 Å². The number of nitrogens with one attached hydrogen (secondary N) is 2. The quantitative estimate of drug-likeness (QED) is 0.539. The number of carbonyl (C=O) groups excluding carboxylic acids is 2. The van der Waals surface area contributed by atoms with Crippen LogP contribution in [0.4, 0.5) is 5.69 Å². The van der Waals surface area contributed by atoms with Gasteiger partial charge in [0.2, 0.25) is 21.8 Å². The topological polar surface area (TPSA) is 114 Å². The Balaban J connectivity index is 1.70. The summed E-state index contributed by atoms with van der Waals surface area (Å²) < 4.78 is 39.8. The molecule has 1 heterocycles. The van der Waals surface area contributed by atoms with E-state index in [0.717, 1.165) is 0 Å². The summed E-state index contributed by atoms with van der Waals surface area (Å²) in [6.45, 7) is 4.07. The standard InChI is InChI=1S/C25H29N3O6S/c1-5-18-8-6-9-19(14-18)26-23(29)16-28(4)25(30)24(17(2)3)27-35(31,32)20-10-11-21-22(15-20)34-13-7-12-33-21/h1,6,8-11,14-15,17,24,27H,7,12-13,16H2,2-4H3,(H,26,29). The van der Waals surface area contributed by atoms with E-state index in [9.17, 15) is 18.0 Å². The van der Waals surface area contributed by atoms with Crippen molar-refractivity contribution in [3.05, 3.63) is 48.0 Å². The lowest BCUT2D eigenvalue weighted by molar-refractivity contribution is -0.135. The minimum Gasteiger partial charge on any atom is -0.490 e. The summed E-state index contributed by atoms with van der Waals surface area (Å²) in [7, 11) is -2.62. The molecular formula is C25H29N3O6S. The van der Waals surface area contributed by atoms with Gasteiger partial charge in [0.25, 0.3) is 0 Å². The van der Waals surface area contributed by atoms with Gasteiger partial charge in [-0.1, -0.05) is 25.8 Å². The second-order valence-corrected chi connectivity index (χ2v) is 10.2. The molecule has 3 rings (SSSR count). The Bertz CT molecular complexity index is 1240. The molecule has 2 aromatic carbocycles. The molecular weight excluding hydrogens is 470 g/mol. The summed E-state index contributed by atoms with van der Waals surface area (Å²) in [5.41, 5.74) is 1.11. The second-order valence-electron chi connectivity index (χ2n) is 8.47. The molecule has 1 unspecified atom stereocenters. The first kappa shape index (κ1) is 26.1. The third-order valence-electron chi connectivity index (χ3n) is 5.31. The van der Waals surface area contributed by atoms with Crippen molar-refractivity contribution in [3.63, 3.8) is 0 Å². The molecule has 0 saturated heterocycles. The zero-order chi connectivity index (χ0) is 25.6. The Morgan fingerprint density at radius 2 is 1.83 bits per heavy atom. The van der Waals surface area contributed by atoms with Crippen molar-refractivity contribution in [2.45, 2.75) is 31.2 Å². The number of nitrogens with zero attached hydrogens (tertiary/aromatic N) is 1. The molecule has 9 nitrogen and oxygen atoms in total. The number of carbonyl (C=O) groups is 2. The van der Waals surface area contributed by atoms with E-state index in [1.807, 2.05) is 0 Å². The maximum absolute atomic E-state index is 13.1. The van der Waals surface area contributed by atoms with Gasteiger partial charge in [-0.25, -0.2) is 8.42 Å². The van der Waals surface area contributed by atoms with Crippen molar-refractivity contribution in [1.29, 1.82) is 0 Å². The third-order valence-corrected chi connectivity index (χ3v) is 6.75. The first-order valence-corrected chi connectivity index (χ1v) is 12.6. The highest BCUT2D eigenvalue weighted by Crippen LogP contribution is 2.32. The van der Waals surface area contributed by atoms with Crippen LogP contribution in [-0.4, -0.2) is 58.0 Å². The normalized spacial score (nSPS) is 13.9. The van der Waals surface area contributed by atoms with E-state index in [4.69, 9.17) is 15.9 Å². The number of amides is 2. The van der Waals surface area contributed by atoms with Crippen LogP contribution in [0.3, 0.4) is 0 Å². The smallest absolute Gasteiger partial charge is 0.243 e. The molecule has 2 aromatic rings. The number of hydrogen-bond donors (Lipinski definition) is 2. The van der Waals surface area contributed by atoms with Gasteiger partial charge in [-0.05, 0) is 36.2 Å².